The molecule has 0 bridgehead atoms. The third kappa shape index (κ3) is 4.05. The molecular formula is C24H28O8. The molecule has 8 nitrogen and oxygen atoms in total. The first-order valence-electron chi connectivity index (χ1n) is 10.6. The van der Waals surface area contributed by atoms with Crippen molar-refractivity contribution >= 4 is 5.97 Å². The van der Waals surface area contributed by atoms with Crippen molar-refractivity contribution in [3.63, 3.8) is 0 Å². The third-order valence-corrected chi connectivity index (χ3v) is 6.14. The second-order valence-electron chi connectivity index (χ2n) is 8.13. The van der Waals surface area contributed by atoms with Crippen molar-refractivity contribution in [3.05, 3.63) is 70.8 Å². The maximum absolute atomic E-state index is 11.7. The monoisotopic (exact) mass is 444 g/mol. The van der Waals surface area contributed by atoms with Gasteiger partial charge < -0.3 is 34.3 Å². The molecule has 2 saturated heterocycles. The van der Waals surface area contributed by atoms with Crippen LogP contribution < -0.4 is 0 Å². The number of aliphatic hydroxyl groups excluding tert-OH is 2. The van der Waals surface area contributed by atoms with E-state index in [2.05, 4.69) is 6.92 Å². The molecule has 2 aliphatic rings. The fraction of sp³-hybridized carbons (Fsp3) is 0.458. The van der Waals surface area contributed by atoms with Gasteiger partial charge in [0, 0.05) is 5.56 Å². The van der Waals surface area contributed by atoms with Crippen molar-refractivity contribution < 1.29 is 39.1 Å². The molecule has 32 heavy (non-hydrogen) atoms. The summed E-state index contributed by atoms with van der Waals surface area (Å²) >= 11 is 0. The largest absolute Gasteiger partial charge is 0.465 e. The van der Waals surface area contributed by atoms with E-state index < -0.39 is 48.9 Å². The van der Waals surface area contributed by atoms with Crippen LogP contribution in [0.25, 0.3) is 0 Å². The van der Waals surface area contributed by atoms with Crippen LogP contribution in [0.15, 0.2) is 48.5 Å². The van der Waals surface area contributed by atoms with Gasteiger partial charge in [0.2, 0.25) is 0 Å². The summed E-state index contributed by atoms with van der Waals surface area (Å²) < 4.78 is 22.7. The summed E-state index contributed by atoms with van der Waals surface area (Å²) in [6, 6.07) is 14.2. The maximum Gasteiger partial charge on any atom is 0.337 e. The number of aliphatic hydroxyl groups is 3. The Morgan fingerprint density at radius 2 is 1.78 bits per heavy atom. The number of esters is 1. The lowest BCUT2D eigenvalue weighted by atomic mass is 9.85. The number of ether oxygens (including phenoxy) is 4. The average Bonchev–Trinajstić information content (AvgIpc) is 3.15. The molecule has 0 radical (unpaired) electrons. The summed E-state index contributed by atoms with van der Waals surface area (Å²) in [5.41, 5.74) is 1.34. The van der Waals surface area contributed by atoms with Crippen molar-refractivity contribution in [3.8, 4) is 0 Å². The molecule has 0 amide bonds. The molecule has 2 heterocycles. The van der Waals surface area contributed by atoms with Crippen LogP contribution in [0.2, 0.25) is 0 Å². The van der Waals surface area contributed by atoms with E-state index >= 15 is 0 Å². The highest BCUT2D eigenvalue weighted by Crippen LogP contribution is 2.49. The van der Waals surface area contributed by atoms with E-state index in [0.29, 0.717) is 11.1 Å². The Bertz CT molecular complexity index is 928. The van der Waals surface area contributed by atoms with Crippen molar-refractivity contribution in [1.29, 1.82) is 0 Å². The SMILES string of the molecule is CCc1ccc(C2O[C@H](C(O)CO)[C@@H]3OC(c4ccc(C(=O)OC)cc4)OC[C@@]23O)cc1. The quantitative estimate of drug-likeness (QED) is 0.577. The topological polar surface area (TPSA) is 115 Å². The van der Waals surface area contributed by atoms with Gasteiger partial charge in [-0.25, -0.2) is 4.79 Å². The summed E-state index contributed by atoms with van der Waals surface area (Å²) in [4.78, 5) is 11.7. The standard InChI is InChI=1S/C24H28O8/c1-3-14-4-6-15(7-5-14)20-24(28)13-30-23(32-21(24)19(31-20)18(26)12-25)17-10-8-16(9-11-17)22(27)29-2/h4-11,18-21,23,25-26,28H,3,12-13H2,1-2H3/t18?,19-,20?,21+,23?,24-/m1/s1. The maximum atomic E-state index is 11.7. The molecule has 2 fully saturated rings. The Morgan fingerprint density at radius 3 is 2.38 bits per heavy atom. The van der Waals surface area contributed by atoms with Gasteiger partial charge >= 0.3 is 5.97 Å². The number of carbonyl (C=O) groups is 1. The van der Waals surface area contributed by atoms with Gasteiger partial charge in [0.25, 0.3) is 0 Å². The van der Waals surface area contributed by atoms with Crippen LogP contribution in [0, 0.1) is 0 Å². The number of methoxy groups -OCH3 is 1. The zero-order chi connectivity index (χ0) is 22.9. The molecule has 4 rings (SSSR count). The highest BCUT2D eigenvalue weighted by atomic mass is 16.7. The molecule has 6 atom stereocenters. The average molecular weight is 444 g/mol. The Kier molecular flexibility index (Phi) is 6.62. The van der Waals surface area contributed by atoms with Crippen LogP contribution in [0.4, 0.5) is 0 Å². The Hall–Kier alpha value is -2.33. The van der Waals surface area contributed by atoms with Gasteiger partial charge in [0.15, 0.2) is 6.29 Å². The van der Waals surface area contributed by atoms with E-state index in [1.807, 2.05) is 24.3 Å². The smallest absolute Gasteiger partial charge is 0.337 e. The lowest BCUT2D eigenvalue weighted by Gasteiger charge is -2.41. The molecule has 0 aromatic heterocycles. The van der Waals surface area contributed by atoms with Crippen LogP contribution in [-0.2, 0) is 25.4 Å². The molecule has 172 valence electrons. The Labute approximate surface area is 186 Å². The van der Waals surface area contributed by atoms with Gasteiger partial charge in [-0.1, -0.05) is 43.3 Å². The number of hydrogen-bond acceptors (Lipinski definition) is 8. The summed E-state index contributed by atoms with van der Waals surface area (Å²) in [6.07, 6.45) is -3.90. The van der Waals surface area contributed by atoms with Crippen molar-refractivity contribution in [2.75, 3.05) is 20.3 Å². The molecular weight excluding hydrogens is 416 g/mol. The first-order valence-corrected chi connectivity index (χ1v) is 10.6. The van der Waals surface area contributed by atoms with Crippen molar-refractivity contribution in [2.24, 2.45) is 0 Å². The minimum absolute atomic E-state index is 0.101. The van der Waals surface area contributed by atoms with E-state index in [-0.39, 0.29) is 6.61 Å². The van der Waals surface area contributed by atoms with Crippen LogP contribution in [0.5, 0.6) is 0 Å². The number of rotatable bonds is 6. The summed E-state index contributed by atoms with van der Waals surface area (Å²) in [5.74, 6) is -0.455. The molecule has 8 heteroatoms. The summed E-state index contributed by atoms with van der Waals surface area (Å²) in [7, 11) is 1.31. The molecule has 3 N–H and O–H groups in total. The van der Waals surface area contributed by atoms with Crippen molar-refractivity contribution in [2.45, 2.75) is 49.7 Å². The lowest BCUT2D eigenvalue weighted by molar-refractivity contribution is -0.292. The van der Waals surface area contributed by atoms with Crippen LogP contribution >= 0.6 is 0 Å². The van der Waals surface area contributed by atoms with Crippen LogP contribution in [0.3, 0.4) is 0 Å². The minimum Gasteiger partial charge on any atom is -0.465 e. The molecule has 0 saturated carbocycles. The fourth-order valence-electron chi connectivity index (χ4n) is 4.28. The first-order chi connectivity index (χ1) is 15.4. The predicted molar refractivity (Wildman–Crippen MR) is 113 cm³/mol. The van der Waals surface area contributed by atoms with Gasteiger partial charge in [-0.2, -0.15) is 0 Å². The number of carbonyl (C=O) groups excluding carboxylic acids is 1. The van der Waals surface area contributed by atoms with Gasteiger partial charge in [-0.15, -0.1) is 0 Å². The Balaban J connectivity index is 1.60. The second-order valence-corrected chi connectivity index (χ2v) is 8.13. The van der Waals surface area contributed by atoms with E-state index in [1.54, 1.807) is 24.3 Å². The first kappa shape index (κ1) is 22.8. The lowest BCUT2D eigenvalue weighted by Crippen LogP contribution is -2.56. The van der Waals surface area contributed by atoms with Gasteiger partial charge in [-0.3, -0.25) is 0 Å². The molecule has 2 aromatic carbocycles. The summed E-state index contributed by atoms with van der Waals surface area (Å²) in [5, 5.41) is 31.5. The Morgan fingerprint density at radius 1 is 1.12 bits per heavy atom. The number of fused-ring (bicyclic) bond motifs is 1. The highest BCUT2D eigenvalue weighted by molar-refractivity contribution is 5.89. The summed E-state index contributed by atoms with van der Waals surface area (Å²) in [6.45, 7) is 1.41. The normalized spacial score (nSPS) is 30.5. The fourth-order valence-corrected chi connectivity index (χ4v) is 4.28. The van der Waals surface area contributed by atoms with Crippen LogP contribution in [-0.4, -0.2) is 65.5 Å². The van der Waals surface area contributed by atoms with E-state index in [1.165, 1.54) is 7.11 Å². The predicted octanol–water partition coefficient (Wildman–Crippen LogP) is 1.67. The van der Waals surface area contributed by atoms with E-state index in [9.17, 15) is 20.1 Å². The molecule has 0 spiro atoms. The molecule has 2 aliphatic heterocycles. The zero-order valence-corrected chi connectivity index (χ0v) is 18.0. The molecule has 0 aliphatic carbocycles. The molecule has 2 aromatic rings. The van der Waals surface area contributed by atoms with E-state index in [4.69, 9.17) is 18.9 Å². The van der Waals surface area contributed by atoms with Crippen LogP contribution in [0.1, 0.15) is 46.4 Å². The highest BCUT2D eigenvalue weighted by Gasteiger charge is 2.61. The molecule has 3 unspecified atom stereocenters. The minimum atomic E-state index is -1.56. The number of benzene rings is 2. The van der Waals surface area contributed by atoms with Crippen molar-refractivity contribution in [1.82, 2.24) is 0 Å². The number of aryl methyl sites for hydroxylation is 1. The number of hydrogen-bond donors (Lipinski definition) is 3. The third-order valence-electron chi connectivity index (χ3n) is 6.14. The van der Waals surface area contributed by atoms with E-state index in [0.717, 1.165) is 17.5 Å². The zero-order valence-electron chi connectivity index (χ0n) is 18.0. The van der Waals surface area contributed by atoms with Gasteiger partial charge in [0.05, 0.1) is 25.9 Å². The second kappa shape index (κ2) is 9.27. The van der Waals surface area contributed by atoms with Gasteiger partial charge in [-0.05, 0) is 29.7 Å². The van der Waals surface area contributed by atoms with Gasteiger partial charge in [0.1, 0.15) is 30.0 Å².